The van der Waals surface area contributed by atoms with Crippen molar-refractivity contribution < 1.29 is 27.8 Å². The van der Waals surface area contributed by atoms with Gasteiger partial charge in [0.25, 0.3) is 5.56 Å². The van der Waals surface area contributed by atoms with Crippen LogP contribution in [0.1, 0.15) is 49.8 Å². The Labute approximate surface area is 232 Å². The lowest BCUT2D eigenvalue weighted by molar-refractivity contribution is -0.136. The van der Waals surface area contributed by atoms with Crippen molar-refractivity contribution in [2.24, 2.45) is 0 Å². The predicted molar refractivity (Wildman–Crippen MR) is 143 cm³/mol. The van der Waals surface area contributed by atoms with E-state index in [9.17, 15) is 27.9 Å². The third-order valence-corrected chi connectivity index (χ3v) is 8.69. The van der Waals surface area contributed by atoms with Gasteiger partial charge in [-0.2, -0.15) is 13.2 Å². The summed E-state index contributed by atoms with van der Waals surface area (Å²) in [5, 5.41) is 13.4. The highest BCUT2D eigenvalue weighted by Gasteiger charge is 2.48. The Morgan fingerprint density at radius 2 is 1.90 bits per heavy atom. The number of carbonyl (C=O) groups excluding carboxylic acids is 1. The van der Waals surface area contributed by atoms with Crippen molar-refractivity contribution in [2.75, 3.05) is 31.6 Å². The first-order valence-electron chi connectivity index (χ1n) is 13.2. The first kappa shape index (κ1) is 27.0. The SMILES string of the molecule is CC1(O)CC(n2c(=O)cc(C(F)(F)F)c3cc(OCCN4CCC5(CC4)C(=O)Nc4ccc(Cl)cc45)cnc32)C1. The van der Waals surface area contributed by atoms with Crippen LogP contribution >= 0.6 is 11.6 Å². The number of hydrogen-bond donors (Lipinski definition) is 2. The minimum absolute atomic E-state index is 0.0210. The second kappa shape index (κ2) is 9.46. The van der Waals surface area contributed by atoms with Gasteiger partial charge < -0.3 is 15.2 Å². The van der Waals surface area contributed by atoms with E-state index in [0.717, 1.165) is 11.3 Å². The third kappa shape index (κ3) is 4.63. The summed E-state index contributed by atoms with van der Waals surface area (Å²) in [7, 11) is 0. The average molecular weight is 577 g/mol. The second-order valence-electron chi connectivity index (χ2n) is 11.3. The average Bonchev–Trinajstić information content (AvgIpc) is 3.13. The maximum atomic E-state index is 13.8. The molecule has 3 aliphatic rings. The Morgan fingerprint density at radius 3 is 2.58 bits per heavy atom. The van der Waals surface area contributed by atoms with Crippen molar-refractivity contribution in [2.45, 2.75) is 55.8 Å². The zero-order valence-electron chi connectivity index (χ0n) is 21.7. The van der Waals surface area contributed by atoms with E-state index in [1.165, 1.54) is 16.8 Å². The highest BCUT2D eigenvalue weighted by Crippen LogP contribution is 2.46. The number of benzene rings is 1. The molecule has 1 spiro atoms. The number of aliphatic hydroxyl groups is 1. The number of anilines is 1. The largest absolute Gasteiger partial charge is 0.491 e. The first-order valence-corrected chi connectivity index (χ1v) is 13.6. The van der Waals surface area contributed by atoms with E-state index < -0.39 is 34.4 Å². The molecule has 0 atom stereocenters. The molecule has 2 fully saturated rings. The molecule has 2 N–H and O–H groups in total. The first-order chi connectivity index (χ1) is 18.9. The lowest BCUT2D eigenvalue weighted by Gasteiger charge is -2.42. The zero-order chi connectivity index (χ0) is 28.4. The van der Waals surface area contributed by atoms with Crippen LogP contribution < -0.4 is 15.6 Å². The lowest BCUT2D eigenvalue weighted by atomic mass is 9.73. The summed E-state index contributed by atoms with van der Waals surface area (Å²) < 4.78 is 48.6. The number of carbonyl (C=O) groups is 1. The standard InChI is InChI=1S/C28H28ClF3N4O4/c1-26(39)13-17(14-26)36-23(37)12-20(28(30,31)32)19-11-18(15-33-24(19)36)40-9-8-35-6-4-27(5-7-35)21-10-16(29)2-3-22(21)34-25(27)38/h2-3,10-12,15,17,39H,4-9,13-14H2,1H3,(H,34,38). The Bertz CT molecular complexity index is 1560. The number of fused-ring (bicyclic) bond motifs is 3. The second-order valence-corrected chi connectivity index (χ2v) is 11.7. The van der Waals surface area contributed by atoms with Crippen LogP contribution in [0.15, 0.2) is 41.3 Å². The molecule has 2 aromatic heterocycles. The number of nitrogens with one attached hydrogen (secondary N) is 1. The smallest absolute Gasteiger partial charge is 0.417 e. The molecule has 1 aromatic carbocycles. The molecule has 2 aliphatic heterocycles. The van der Waals surface area contributed by atoms with Crippen LogP contribution in [0.3, 0.4) is 0 Å². The number of hydrogen-bond acceptors (Lipinski definition) is 6. The maximum Gasteiger partial charge on any atom is 0.417 e. The molecule has 12 heteroatoms. The van der Waals surface area contributed by atoms with Gasteiger partial charge in [0.1, 0.15) is 18.0 Å². The minimum Gasteiger partial charge on any atom is -0.491 e. The van der Waals surface area contributed by atoms with Crippen LogP contribution in [-0.2, 0) is 16.4 Å². The van der Waals surface area contributed by atoms with Gasteiger partial charge in [0, 0.05) is 34.7 Å². The highest BCUT2D eigenvalue weighted by molar-refractivity contribution is 6.31. The van der Waals surface area contributed by atoms with Gasteiger partial charge in [0.2, 0.25) is 5.91 Å². The molecular formula is C28H28ClF3N4O4. The van der Waals surface area contributed by atoms with Gasteiger partial charge in [-0.1, -0.05) is 11.6 Å². The molecule has 1 aliphatic carbocycles. The number of piperidine rings is 1. The van der Waals surface area contributed by atoms with Gasteiger partial charge in [-0.3, -0.25) is 19.1 Å². The van der Waals surface area contributed by atoms with Gasteiger partial charge in [-0.15, -0.1) is 0 Å². The molecule has 40 heavy (non-hydrogen) atoms. The molecule has 1 saturated carbocycles. The number of ether oxygens (including phenoxy) is 1. The van der Waals surface area contributed by atoms with Crippen molar-refractivity contribution in [3.05, 3.63) is 63.0 Å². The summed E-state index contributed by atoms with van der Waals surface area (Å²) in [6.45, 7) is 3.64. The topological polar surface area (TPSA) is 96.7 Å². The number of likely N-dealkylation sites (tertiary alicyclic amines) is 1. The molecule has 1 saturated heterocycles. The van der Waals surface area contributed by atoms with Gasteiger partial charge >= 0.3 is 6.18 Å². The van der Waals surface area contributed by atoms with Gasteiger partial charge in [0.15, 0.2) is 0 Å². The number of pyridine rings is 2. The molecule has 6 rings (SSSR count). The van der Waals surface area contributed by atoms with Crippen molar-refractivity contribution in [3.8, 4) is 5.75 Å². The molecule has 212 valence electrons. The van der Waals surface area contributed by atoms with Gasteiger partial charge in [-0.05, 0) is 75.5 Å². The number of nitrogens with zero attached hydrogens (tertiary/aromatic N) is 3. The maximum absolute atomic E-state index is 13.8. The number of halogens is 4. The minimum atomic E-state index is -4.75. The molecule has 0 unspecified atom stereocenters. The molecule has 0 radical (unpaired) electrons. The van der Waals surface area contributed by atoms with E-state index in [-0.39, 0.29) is 42.1 Å². The highest BCUT2D eigenvalue weighted by atomic mass is 35.5. The molecule has 1 amide bonds. The summed E-state index contributed by atoms with van der Waals surface area (Å²) in [5.41, 5.74) is -1.81. The van der Waals surface area contributed by atoms with Crippen LogP contribution in [-0.4, -0.2) is 57.3 Å². The summed E-state index contributed by atoms with van der Waals surface area (Å²) in [6.07, 6.45) is -1.69. The van der Waals surface area contributed by atoms with Crippen molar-refractivity contribution in [1.82, 2.24) is 14.5 Å². The quantitative estimate of drug-likeness (QED) is 0.464. The Kier molecular flexibility index (Phi) is 6.39. The summed E-state index contributed by atoms with van der Waals surface area (Å²) in [5.74, 6) is 0.142. The number of alkyl halides is 3. The monoisotopic (exact) mass is 576 g/mol. The summed E-state index contributed by atoms with van der Waals surface area (Å²) in [4.78, 5) is 31.9. The van der Waals surface area contributed by atoms with E-state index in [2.05, 4.69) is 15.2 Å². The predicted octanol–water partition coefficient (Wildman–Crippen LogP) is 4.52. The molecular weight excluding hydrogens is 549 g/mol. The van der Waals surface area contributed by atoms with Crippen LogP contribution in [0.5, 0.6) is 5.75 Å². The lowest BCUT2D eigenvalue weighted by Crippen LogP contribution is -2.47. The summed E-state index contributed by atoms with van der Waals surface area (Å²) >= 11 is 6.19. The normalized spacial score (nSPS) is 24.1. The van der Waals surface area contributed by atoms with E-state index in [1.54, 1.807) is 13.0 Å². The van der Waals surface area contributed by atoms with E-state index >= 15 is 0 Å². The number of aromatic nitrogens is 2. The Hall–Kier alpha value is -3.15. The molecule has 0 bridgehead atoms. The van der Waals surface area contributed by atoms with Gasteiger partial charge in [-0.25, -0.2) is 4.98 Å². The molecule has 4 heterocycles. The third-order valence-electron chi connectivity index (χ3n) is 8.45. The fraction of sp³-hybridized carbons (Fsp3) is 0.464. The van der Waals surface area contributed by atoms with Crippen molar-refractivity contribution >= 4 is 34.2 Å². The fourth-order valence-electron chi connectivity index (χ4n) is 6.34. The fourth-order valence-corrected chi connectivity index (χ4v) is 6.51. The van der Waals surface area contributed by atoms with E-state index in [4.69, 9.17) is 16.3 Å². The van der Waals surface area contributed by atoms with Crippen LogP contribution in [0.2, 0.25) is 5.02 Å². The Morgan fingerprint density at radius 1 is 1.18 bits per heavy atom. The van der Waals surface area contributed by atoms with Crippen LogP contribution in [0.4, 0.5) is 18.9 Å². The number of rotatable bonds is 5. The number of amides is 1. The van der Waals surface area contributed by atoms with E-state index in [1.807, 2.05) is 12.1 Å². The van der Waals surface area contributed by atoms with Gasteiger partial charge in [0.05, 0.1) is 22.8 Å². The van der Waals surface area contributed by atoms with E-state index in [0.29, 0.717) is 43.6 Å². The van der Waals surface area contributed by atoms with Crippen molar-refractivity contribution in [1.29, 1.82) is 0 Å². The molecule has 8 nitrogen and oxygen atoms in total. The summed E-state index contributed by atoms with van der Waals surface area (Å²) in [6, 6.07) is 6.85. The molecule has 3 aromatic rings. The van der Waals surface area contributed by atoms with Crippen LogP contribution in [0, 0.1) is 0 Å². The zero-order valence-corrected chi connectivity index (χ0v) is 22.5. The Balaban J connectivity index is 1.15. The van der Waals surface area contributed by atoms with Crippen LogP contribution in [0.25, 0.3) is 11.0 Å². The van der Waals surface area contributed by atoms with Crippen molar-refractivity contribution in [3.63, 3.8) is 0 Å².